The first-order valence-electron chi connectivity index (χ1n) is 5.00. The van der Waals surface area contributed by atoms with Crippen molar-refractivity contribution in [3.8, 4) is 5.75 Å². The van der Waals surface area contributed by atoms with E-state index >= 15 is 0 Å². The monoisotopic (exact) mass is 234 g/mol. The van der Waals surface area contributed by atoms with Crippen molar-refractivity contribution in [2.24, 2.45) is 5.73 Å². The van der Waals surface area contributed by atoms with E-state index < -0.39 is 5.91 Å². The highest BCUT2D eigenvalue weighted by Crippen LogP contribution is 2.18. The highest BCUT2D eigenvalue weighted by Gasteiger charge is 2.00. The van der Waals surface area contributed by atoms with Crippen LogP contribution in [0.15, 0.2) is 30.3 Å². The van der Waals surface area contributed by atoms with Crippen LogP contribution in [-0.2, 0) is 9.59 Å². The summed E-state index contributed by atoms with van der Waals surface area (Å²) < 4.78 is 5.12. The first-order valence-corrected chi connectivity index (χ1v) is 5.00. The van der Waals surface area contributed by atoms with Gasteiger partial charge < -0.3 is 15.8 Å². The predicted octanol–water partition coefficient (Wildman–Crippen LogP) is 0.310. The van der Waals surface area contributed by atoms with Crippen molar-refractivity contribution in [2.45, 2.75) is 0 Å². The second-order valence-electron chi connectivity index (χ2n) is 3.26. The number of methoxy groups -OCH3 is 1. The molecule has 0 aliphatic rings. The van der Waals surface area contributed by atoms with Gasteiger partial charge in [0.1, 0.15) is 5.75 Å². The van der Waals surface area contributed by atoms with Crippen LogP contribution in [0, 0.1) is 0 Å². The number of benzene rings is 1. The van der Waals surface area contributed by atoms with Crippen LogP contribution in [-0.4, -0.2) is 25.5 Å². The van der Waals surface area contributed by atoms with Crippen LogP contribution >= 0.6 is 0 Å². The molecule has 2 amide bonds. The maximum Gasteiger partial charge on any atom is 0.244 e. The Hall–Kier alpha value is -2.30. The number of primary amides is 1. The van der Waals surface area contributed by atoms with Gasteiger partial charge in [0, 0.05) is 11.6 Å². The maximum absolute atomic E-state index is 11.3. The van der Waals surface area contributed by atoms with E-state index in [2.05, 4.69) is 5.32 Å². The molecular formula is C12H14N2O3. The van der Waals surface area contributed by atoms with Crippen molar-refractivity contribution < 1.29 is 14.3 Å². The Labute approximate surface area is 99.3 Å². The highest BCUT2D eigenvalue weighted by molar-refractivity contribution is 5.94. The minimum absolute atomic E-state index is 0.172. The third-order valence-electron chi connectivity index (χ3n) is 1.99. The van der Waals surface area contributed by atoms with Crippen LogP contribution in [0.1, 0.15) is 5.56 Å². The molecule has 0 radical (unpaired) electrons. The molecule has 0 saturated heterocycles. The van der Waals surface area contributed by atoms with E-state index in [4.69, 9.17) is 10.5 Å². The lowest BCUT2D eigenvalue weighted by molar-refractivity contribution is -0.122. The van der Waals surface area contributed by atoms with Crippen molar-refractivity contribution in [3.63, 3.8) is 0 Å². The number of amides is 2. The fourth-order valence-electron chi connectivity index (χ4n) is 1.20. The van der Waals surface area contributed by atoms with E-state index in [9.17, 15) is 9.59 Å². The topological polar surface area (TPSA) is 81.4 Å². The largest absolute Gasteiger partial charge is 0.496 e. The standard InChI is InChI=1S/C12H14N2O3/c1-17-10-5-3-2-4-9(10)6-7-12(16)14-8-11(13)15/h2-7H,8H2,1H3,(H2,13,15)(H,14,16). The molecule has 5 nitrogen and oxygen atoms in total. The molecule has 0 aliphatic carbocycles. The SMILES string of the molecule is COc1ccccc1C=CC(=O)NCC(N)=O. The van der Waals surface area contributed by atoms with Gasteiger partial charge >= 0.3 is 0 Å². The lowest BCUT2D eigenvalue weighted by Gasteiger charge is -2.03. The number of ether oxygens (including phenoxy) is 1. The molecule has 0 fully saturated rings. The number of carbonyl (C=O) groups is 2. The molecule has 0 atom stereocenters. The molecule has 0 heterocycles. The summed E-state index contributed by atoms with van der Waals surface area (Å²) in [7, 11) is 1.56. The zero-order chi connectivity index (χ0) is 12.7. The Balaban J connectivity index is 2.63. The zero-order valence-corrected chi connectivity index (χ0v) is 9.47. The molecule has 1 aromatic rings. The first kappa shape index (κ1) is 12.8. The van der Waals surface area contributed by atoms with Crippen molar-refractivity contribution >= 4 is 17.9 Å². The Morgan fingerprint density at radius 2 is 2.12 bits per heavy atom. The lowest BCUT2D eigenvalue weighted by atomic mass is 10.2. The molecule has 3 N–H and O–H groups in total. The zero-order valence-electron chi connectivity index (χ0n) is 9.47. The van der Waals surface area contributed by atoms with Crippen LogP contribution < -0.4 is 15.8 Å². The van der Waals surface area contributed by atoms with Gasteiger partial charge in [-0.15, -0.1) is 0 Å². The van der Waals surface area contributed by atoms with Gasteiger partial charge in [0.25, 0.3) is 0 Å². The molecule has 90 valence electrons. The number of hydrogen-bond acceptors (Lipinski definition) is 3. The van der Waals surface area contributed by atoms with Crippen molar-refractivity contribution in [2.75, 3.05) is 13.7 Å². The van der Waals surface area contributed by atoms with Gasteiger partial charge in [-0.25, -0.2) is 0 Å². The van der Waals surface area contributed by atoms with Crippen LogP contribution in [0.25, 0.3) is 6.08 Å². The highest BCUT2D eigenvalue weighted by atomic mass is 16.5. The molecule has 1 aromatic carbocycles. The molecule has 0 aromatic heterocycles. The molecular weight excluding hydrogens is 220 g/mol. The van der Waals surface area contributed by atoms with Crippen LogP contribution in [0.5, 0.6) is 5.75 Å². The molecule has 0 spiro atoms. The summed E-state index contributed by atoms with van der Waals surface area (Å²) in [6, 6.07) is 7.28. The third kappa shape index (κ3) is 4.38. The number of rotatable bonds is 5. The maximum atomic E-state index is 11.3. The van der Waals surface area contributed by atoms with Gasteiger partial charge in [0.15, 0.2) is 0 Å². The average molecular weight is 234 g/mol. The molecule has 1 rings (SSSR count). The summed E-state index contributed by atoms with van der Waals surface area (Å²) >= 11 is 0. The summed E-state index contributed by atoms with van der Waals surface area (Å²) in [5.74, 6) is -0.287. The van der Waals surface area contributed by atoms with Crippen molar-refractivity contribution in [3.05, 3.63) is 35.9 Å². The van der Waals surface area contributed by atoms with Gasteiger partial charge in [-0.05, 0) is 12.1 Å². The minimum Gasteiger partial charge on any atom is -0.496 e. The van der Waals surface area contributed by atoms with E-state index in [1.807, 2.05) is 18.2 Å². The van der Waals surface area contributed by atoms with Gasteiger partial charge in [0.05, 0.1) is 13.7 Å². The smallest absolute Gasteiger partial charge is 0.244 e. The second kappa shape index (κ2) is 6.32. The number of nitrogens with two attached hydrogens (primary N) is 1. The molecule has 0 aliphatic heterocycles. The van der Waals surface area contributed by atoms with Crippen LogP contribution in [0.3, 0.4) is 0 Å². The third-order valence-corrected chi connectivity index (χ3v) is 1.99. The molecule has 17 heavy (non-hydrogen) atoms. The van der Waals surface area contributed by atoms with E-state index in [1.165, 1.54) is 6.08 Å². The summed E-state index contributed by atoms with van der Waals surface area (Å²) in [5, 5.41) is 2.35. The quantitative estimate of drug-likeness (QED) is 0.719. The fraction of sp³-hybridized carbons (Fsp3) is 0.167. The normalized spacial score (nSPS) is 10.2. The summed E-state index contributed by atoms with van der Waals surface area (Å²) in [6.07, 6.45) is 2.93. The summed E-state index contributed by atoms with van der Waals surface area (Å²) in [6.45, 7) is -0.172. The Morgan fingerprint density at radius 1 is 1.41 bits per heavy atom. The van der Waals surface area contributed by atoms with Gasteiger partial charge in [0.2, 0.25) is 11.8 Å². The van der Waals surface area contributed by atoms with Crippen LogP contribution in [0.2, 0.25) is 0 Å². The van der Waals surface area contributed by atoms with Crippen molar-refractivity contribution in [1.29, 1.82) is 0 Å². The van der Waals surface area contributed by atoms with Gasteiger partial charge in [-0.3, -0.25) is 9.59 Å². The second-order valence-corrected chi connectivity index (χ2v) is 3.26. The molecule has 0 bridgehead atoms. The van der Waals surface area contributed by atoms with E-state index in [-0.39, 0.29) is 12.5 Å². The van der Waals surface area contributed by atoms with Crippen molar-refractivity contribution in [1.82, 2.24) is 5.32 Å². The number of nitrogens with one attached hydrogen (secondary N) is 1. The minimum atomic E-state index is -0.580. The summed E-state index contributed by atoms with van der Waals surface area (Å²) in [4.78, 5) is 21.7. The van der Waals surface area contributed by atoms with Gasteiger partial charge in [-0.2, -0.15) is 0 Å². The van der Waals surface area contributed by atoms with Crippen LogP contribution in [0.4, 0.5) is 0 Å². The van der Waals surface area contributed by atoms with E-state index in [0.717, 1.165) is 5.56 Å². The average Bonchev–Trinajstić information content (AvgIpc) is 2.34. The van der Waals surface area contributed by atoms with Gasteiger partial charge in [-0.1, -0.05) is 18.2 Å². The predicted molar refractivity (Wildman–Crippen MR) is 64.2 cm³/mol. The number of para-hydroxylation sites is 1. The number of carbonyl (C=O) groups excluding carboxylic acids is 2. The number of hydrogen-bond donors (Lipinski definition) is 2. The molecule has 0 saturated carbocycles. The first-order chi connectivity index (χ1) is 8.13. The molecule has 5 heteroatoms. The Morgan fingerprint density at radius 3 is 2.76 bits per heavy atom. The van der Waals surface area contributed by atoms with E-state index in [1.54, 1.807) is 19.3 Å². The Kier molecular flexibility index (Phi) is 4.75. The summed E-state index contributed by atoms with van der Waals surface area (Å²) in [5.41, 5.74) is 5.68. The Bertz CT molecular complexity index is 441. The molecule has 0 unspecified atom stereocenters. The van der Waals surface area contributed by atoms with E-state index in [0.29, 0.717) is 5.75 Å². The lowest BCUT2D eigenvalue weighted by Crippen LogP contribution is -2.32. The fourth-order valence-corrected chi connectivity index (χ4v) is 1.20.